The van der Waals surface area contributed by atoms with Crippen molar-refractivity contribution in [2.24, 2.45) is 17.3 Å². The molecule has 4 aliphatic carbocycles. The summed E-state index contributed by atoms with van der Waals surface area (Å²) in [5, 5.41) is 18.2. The maximum absolute atomic E-state index is 13.2. The van der Waals surface area contributed by atoms with Gasteiger partial charge in [0.2, 0.25) is 0 Å². The van der Waals surface area contributed by atoms with Gasteiger partial charge in [-0.2, -0.15) is 5.10 Å². The molecule has 4 bridgehead atoms. The summed E-state index contributed by atoms with van der Waals surface area (Å²) in [5.41, 5.74) is 0.405. The van der Waals surface area contributed by atoms with Crippen molar-refractivity contribution in [3.8, 4) is 0 Å². The molecule has 1 aromatic heterocycles. The number of nitrogens with one attached hydrogen (secondary N) is 1. The van der Waals surface area contributed by atoms with E-state index in [9.17, 15) is 14.7 Å². The molecule has 6 nitrogen and oxygen atoms in total. The summed E-state index contributed by atoms with van der Waals surface area (Å²) in [6.07, 6.45) is 6.06. The minimum Gasteiger partial charge on any atom is -0.481 e. The van der Waals surface area contributed by atoms with Crippen LogP contribution in [0, 0.1) is 24.2 Å². The first kappa shape index (κ1) is 19.9. The Kier molecular flexibility index (Phi) is 4.46. The molecule has 2 atom stereocenters. The normalized spacial score (nSPS) is 31.7. The van der Waals surface area contributed by atoms with Crippen LogP contribution in [-0.4, -0.2) is 20.9 Å². The fraction of sp³-hybridized carbons (Fsp3) is 0.500. The molecule has 158 valence electrons. The zero-order valence-corrected chi connectivity index (χ0v) is 18.1. The van der Waals surface area contributed by atoms with Gasteiger partial charge in [-0.25, -0.2) is 4.68 Å². The van der Waals surface area contributed by atoms with Gasteiger partial charge in [0.1, 0.15) is 5.02 Å². The topological polar surface area (TPSA) is 84.2 Å². The Morgan fingerprint density at radius 1 is 1.23 bits per heavy atom. The number of aryl methyl sites for hydroxylation is 1. The van der Waals surface area contributed by atoms with Crippen molar-refractivity contribution in [1.82, 2.24) is 9.78 Å². The lowest BCUT2D eigenvalue weighted by atomic mass is 9.47. The average Bonchev–Trinajstić information content (AvgIpc) is 2.67. The Labute approximate surface area is 184 Å². The predicted octanol–water partition coefficient (Wildman–Crippen LogP) is 4.98. The fourth-order valence-corrected chi connectivity index (χ4v) is 6.75. The van der Waals surface area contributed by atoms with Gasteiger partial charge in [0.15, 0.2) is 0 Å². The second-order valence-corrected chi connectivity index (χ2v) is 10.2. The van der Waals surface area contributed by atoms with E-state index in [0.717, 1.165) is 24.8 Å². The Morgan fingerprint density at radius 2 is 1.93 bits per heavy atom. The van der Waals surface area contributed by atoms with Crippen molar-refractivity contribution >= 4 is 40.5 Å². The number of hydrogen-bond acceptors (Lipinski definition) is 4. The molecule has 4 aliphatic rings. The van der Waals surface area contributed by atoms with E-state index in [2.05, 4.69) is 10.4 Å². The standard InChI is InChI=1S/C22H23Cl2N3O3/c1-12-2-3-15(5-16(12)23)26-17-10-25-27(19(28)18(17)24)22-8-13-4-14(9-22)7-21(6-13,11-22)20(29)30/h2-3,5,10,13-14,26H,4,6-9,11H2,1H3,(H,29,30)/t13-,14-,21?,22?/m0/s1. The fourth-order valence-electron chi connectivity index (χ4n) is 6.40. The zero-order valence-electron chi connectivity index (χ0n) is 16.6. The van der Waals surface area contributed by atoms with Crippen molar-refractivity contribution < 1.29 is 9.90 Å². The van der Waals surface area contributed by atoms with Crippen molar-refractivity contribution in [2.45, 2.75) is 51.0 Å². The largest absolute Gasteiger partial charge is 0.481 e. The molecule has 30 heavy (non-hydrogen) atoms. The number of benzene rings is 1. The van der Waals surface area contributed by atoms with E-state index in [4.69, 9.17) is 23.2 Å². The Hall–Kier alpha value is -2.05. The number of halogens is 2. The Bertz CT molecular complexity index is 1100. The van der Waals surface area contributed by atoms with Crippen molar-refractivity contribution in [2.75, 3.05) is 5.32 Å². The Morgan fingerprint density at radius 3 is 2.57 bits per heavy atom. The van der Waals surface area contributed by atoms with E-state index >= 15 is 0 Å². The highest BCUT2D eigenvalue weighted by Gasteiger charge is 2.62. The third-order valence-electron chi connectivity index (χ3n) is 7.30. The van der Waals surface area contributed by atoms with Gasteiger partial charge in [0.25, 0.3) is 5.56 Å². The van der Waals surface area contributed by atoms with E-state index in [-0.39, 0.29) is 10.6 Å². The number of anilines is 2. The SMILES string of the molecule is Cc1ccc(Nc2cnn(C34C[C@H]5C[C@@H](CC(C(=O)O)(C5)C3)C4)c(=O)c2Cl)cc1Cl. The van der Waals surface area contributed by atoms with Crippen LogP contribution >= 0.6 is 23.2 Å². The first-order valence-electron chi connectivity index (χ1n) is 10.3. The summed E-state index contributed by atoms with van der Waals surface area (Å²) >= 11 is 12.7. The molecule has 8 heteroatoms. The van der Waals surface area contributed by atoms with Gasteiger partial charge in [-0.05, 0) is 75.0 Å². The van der Waals surface area contributed by atoms with E-state index in [1.807, 2.05) is 19.1 Å². The average molecular weight is 448 g/mol. The number of aliphatic carboxylic acids is 1. The third-order valence-corrected chi connectivity index (χ3v) is 8.08. The van der Waals surface area contributed by atoms with Gasteiger partial charge >= 0.3 is 5.97 Å². The molecule has 0 unspecified atom stereocenters. The third kappa shape index (κ3) is 2.95. The molecule has 0 radical (unpaired) electrons. The van der Waals surface area contributed by atoms with Crippen LogP contribution in [0.1, 0.15) is 44.1 Å². The van der Waals surface area contributed by atoms with Gasteiger partial charge < -0.3 is 10.4 Å². The number of nitrogens with zero attached hydrogens (tertiary/aromatic N) is 2. The number of hydrogen-bond donors (Lipinski definition) is 2. The first-order valence-corrected chi connectivity index (χ1v) is 11.0. The van der Waals surface area contributed by atoms with E-state index in [0.29, 0.717) is 47.5 Å². The molecule has 6 rings (SSSR count). The maximum Gasteiger partial charge on any atom is 0.309 e. The van der Waals surface area contributed by atoms with Crippen LogP contribution in [0.4, 0.5) is 11.4 Å². The quantitative estimate of drug-likeness (QED) is 0.689. The van der Waals surface area contributed by atoms with Gasteiger partial charge in [-0.1, -0.05) is 29.3 Å². The van der Waals surface area contributed by atoms with Gasteiger partial charge in [-0.15, -0.1) is 0 Å². The second-order valence-electron chi connectivity index (χ2n) is 9.45. The molecule has 4 fully saturated rings. The molecule has 0 spiro atoms. The molecule has 1 aromatic carbocycles. The highest BCUT2D eigenvalue weighted by atomic mass is 35.5. The van der Waals surface area contributed by atoms with Crippen molar-refractivity contribution in [3.63, 3.8) is 0 Å². The van der Waals surface area contributed by atoms with Crippen molar-refractivity contribution in [3.05, 3.63) is 50.4 Å². The Balaban J connectivity index is 1.52. The molecular formula is C22H23Cl2N3O3. The van der Waals surface area contributed by atoms with E-state index in [1.54, 1.807) is 12.3 Å². The van der Waals surface area contributed by atoms with E-state index in [1.165, 1.54) is 4.68 Å². The van der Waals surface area contributed by atoms with Crippen LogP contribution in [0.15, 0.2) is 29.2 Å². The molecule has 2 N–H and O–H groups in total. The first-order chi connectivity index (χ1) is 14.2. The lowest BCUT2D eigenvalue weighted by molar-refractivity contribution is -0.173. The molecule has 0 saturated heterocycles. The lowest BCUT2D eigenvalue weighted by Gasteiger charge is -2.60. The van der Waals surface area contributed by atoms with Crippen LogP contribution in [0.2, 0.25) is 10.0 Å². The highest BCUT2D eigenvalue weighted by Crippen LogP contribution is 2.63. The monoisotopic (exact) mass is 447 g/mol. The molecule has 4 saturated carbocycles. The summed E-state index contributed by atoms with van der Waals surface area (Å²) in [5.74, 6) is -0.0979. The van der Waals surface area contributed by atoms with Gasteiger partial charge in [0.05, 0.1) is 22.8 Å². The minimum absolute atomic E-state index is 0.0572. The summed E-state index contributed by atoms with van der Waals surface area (Å²) in [7, 11) is 0. The molecule has 1 heterocycles. The minimum atomic E-state index is -0.743. The van der Waals surface area contributed by atoms with Crippen LogP contribution in [0.25, 0.3) is 0 Å². The summed E-state index contributed by atoms with van der Waals surface area (Å²) in [6, 6.07) is 5.52. The number of rotatable bonds is 4. The molecule has 0 aliphatic heterocycles. The maximum atomic E-state index is 13.2. The van der Waals surface area contributed by atoms with E-state index < -0.39 is 16.9 Å². The molecular weight excluding hydrogens is 425 g/mol. The van der Waals surface area contributed by atoms with Crippen LogP contribution < -0.4 is 10.9 Å². The number of carboxylic acid groups (broad SMARTS) is 1. The van der Waals surface area contributed by atoms with Gasteiger partial charge in [-0.3, -0.25) is 9.59 Å². The number of carboxylic acids is 1. The van der Waals surface area contributed by atoms with Crippen LogP contribution in [0.3, 0.4) is 0 Å². The van der Waals surface area contributed by atoms with Gasteiger partial charge in [0, 0.05) is 10.7 Å². The second kappa shape index (κ2) is 6.72. The summed E-state index contributed by atoms with van der Waals surface area (Å²) < 4.78 is 1.48. The molecule has 0 amide bonds. The van der Waals surface area contributed by atoms with Crippen molar-refractivity contribution in [1.29, 1.82) is 0 Å². The smallest absolute Gasteiger partial charge is 0.309 e. The lowest BCUT2D eigenvalue weighted by Crippen LogP contribution is -2.61. The highest BCUT2D eigenvalue weighted by molar-refractivity contribution is 6.33. The van der Waals surface area contributed by atoms with Crippen LogP contribution in [-0.2, 0) is 10.3 Å². The number of aromatic nitrogens is 2. The molecule has 2 aromatic rings. The van der Waals surface area contributed by atoms with Crippen LogP contribution in [0.5, 0.6) is 0 Å². The number of carbonyl (C=O) groups is 1. The zero-order chi connectivity index (χ0) is 21.3. The predicted molar refractivity (Wildman–Crippen MR) is 116 cm³/mol. The summed E-state index contributed by atoms with van der Waals surface area (Å²) in [4.78, 5) is 25.4. The summed E-state index contributed by atoms with van der Waals surface area (Å²) in [6.45, 7) is 1.91.